The average molecular weight is 277 g/mol. The Morgan fingerprint density at radius 3 is 2.95 bits per heavy atom. The quantitative estimate of drug-likeness (QED) is 0.754. The van der Waals surface area contributed by atoms with E-state index in [1.165, 1.54) is 5.56 Å². The van der Waals surface area contributed by atoms with Crippen molar-refractivity contribution in [3.05, 3.63) is 35.5 Å². The lowest BCUT2D eigenvalue weighted by molar-refractivity contribution is 0.267. The fourth-order valence-electron chi connectivity index (χ4n) is 1.98. The van der Waals surface area contributed by atoms with Crippen molar-refractivity contribution in [2.24, 2.45) is 0 Å². The number of furan rings is 1. The molecule has 0 aliphatic heterocycles. The third-order valence-electron chi connectivity index (χ3n) is 3.13. The molecular weight excluding hydrogens is 254 g/mol. The highest BCUT2D eigenvalue weighted by Crippen LogP contribution is 2.17. The van der Waals surface area contributed by atoms with Crippen LogP contribution in [-0.2, 0) is 19.7 Å². The van der Waals surface area contributed by atoms with Crippen molar-refractivity contribution in [3.8, 4) is 5.75 Å². The second kappa shape index (κ2) is 7.14. The number of nitrogens with one attached hydrogen (secondary N) is 1. The number of nitrogens with zero attached hydrogens (tertiary/aromatic N) is 2. The van der Waals surface area contributed by atoms with Crippen LogP contribution in [0.4, 0.5) is 0 Å². The Kier molecular flexibility index (Phi) is 5.24. The van der Waals surface area contributed by atoms with Gasteiger partial charge in [-0.1, -0.05) is 6.92 Å². The van der Waals surface area contributed by atoms with Crippen molar-refractivity contribution in [2.45, 2.75) is 46.9 Å². The van der Waals surface area contributed by atoms with Crippen molar-refractivity contribution >= 4 is 0 Å². The van der Waals surface area contributed by atoms with Crippen LogP contribution in [0.1, 0.15) is 37.4 Å². The van der Waals surface area contributed by atoms with Crippen molar-refractivity contribution in [1.82, 2.24) is 15.1 Å². The van der Waals surface area contributed by atoms with Gasteiger partial charge in [-0.05, 0) is 32.9 Å². The number of hydrogen-bond donors (Lipinski definition) is 1. The minimum absolute atomic E-state index is 0.435. The van der Waals surface area contributed by atoms with Crippen LogP contribution in [0.5, 0.6) is 5.75 Å². The topological polar surface area (TPSA) is 52.2 Å². The first-order chi connectivity index (χ1) is 9.72. The van der Waals surface area contributed by atoms with Gasteiger partial charge >= 0.3 is 0 Å². The molecule has 1 N–H and O–H groups in total. The van der Waals surface area contributed by atoms with Crippen molar-refractivity contribution in [1.29, 1.82) is 0 Å². The Balaban J connectivity index is 1.88. The number of rotatable bonds is 8. The normalized spacial score (nSPS) is 10.9. The molecule has 2 aromatic heterocycles. The monoisotopic (exact) mass is 277 g/mol. The largest absolute Gasteiger partial charge is 0.482 e. The van der Waals surface area contributed by atoms with E-state index in [-0.39, 0.29) is 0 Å². The first-order valence-electron chi connectivity index (χ1n) is 7.17. The van der Waals surface area contributed by atoms with Crippen molar-refractivity contribution < 1.29 is 9.15 Å². The van der Waals surface area contributed by atoms with E-state index in [0.29, 0.717) is 6.61 Å². The van der Waals surface area contributed by atoms with Gasteiger partial charge in [-0.15, -0.1) is 0 Å². The molecule has 0 bridgehead atoms. The molecule has 0 aromatic carbocycles. The molecule has 0 fully saturated rings. The molecule has 2 heterocycles. The number of aromatic nitrogens is 2. The molecule has 0 aliphatic carbocycles. The van der Waals surface area contributed by atoms with E-state index in [2.05, 4.69) is 23.4 Å². The van der Waals surface area contributed by atoms with Crippen LogP contribution in [0.3, 0.4) is 0 Å². The predicted octanol–water partition coefficient (Wildman–Crippen LogP) is 2.88. The van der Waals surface area contributed by atoms with Crippen LogP contribution in [0.15, 0.2) is 22.9 Å². The molecule has 110 valence electrons. The molecule has 0 atom stereocenters. The van der Waals surface area contributed by atoms with Gasteiger partial charge in [0.2, 0.25) is 0 Å². The van der Waals surface area contributed by atoms with Crippen LogP contribution >= 0.6 is 0 Å². The first kappa shape index (κ1) is 14.7. The lowest BCUT2D eigenvalue weighted by Crippen LogP contribution is -2.13. The highest BCUT2D eigenvalue weighted by Gasteiger charge is 2.08. The Morgan fingerprint density at radius 2 is 2.25 bits per heavy atom. The first-order valence-corrected chi connectivity index (χ1v) is 7.17. The minimum Gasteiger partial charge on any atom is -0.482 e. The lowest BCUT2D eigenvalue weighted by Gasteiger charge is -2.00. The molecule has 0 radical (unpaired) electrons. The fraction of sp³-hybridized carbons (Fsp3) is 0.533. The van der Waals surface area contributed by atoms with E-state index in [1.807, 2.05) is 24.7 Å². The van der Waals surface area contributed by atoms with Crippen molar-refractivity contribution in [3.63, 3.8) is 0 Å². The summed E-state index contributed by atoms with van der Waals surface area (Å²) in [4.78, 5) is 0. The van der Waals surface area contributed by atoms with E-state index < -0.39 is 0 Å². The van der Waals surface area contributed by atoms with Crippen LogP contribution in [0, 0.1) is 6.92 Å². The summed E-state index contributed by atoms with van der Waals surface area (Å²) in [6.07, 6.45) is 4.75. The molecule has 0 aliphatic rings. The lowest BCUT2D eigenvalue weighted by atomic mass is 10.2. The summed E-state index contributed by atoms with van der Waals surface area (Å²) >= 11 is 0. The zero-order chi connectivity index (χ0) is 14.4. The Bertz CT molecular complexity index is 531. The third-order valence-corrected chi connectivity index (χ3v) is 3.13. The van der Waals surface area contributed by atoms with E-state index >= 15 is 0 Å². The fourth-order valence-corrected chi connectivity index (χ4v) is 1.98. The number of aryl methyl sites for hydroxylation is 2. The van der Waals surface area contributed by atoms with Gasteiger partial charge in [0.25, 0.3) is 0 Å². The maximum Gasteiger partial charge on any atom is 0.157 e. The summed E-state index contributed by atoms with van der Waals surface area (Å²) in [6.45, 7) is 9.33. The van der Waals surface area contributed by atoms with Crippen LogP contribution in [0.25, 0.3) is 0 Å². The van der Waals surface area contributed by atoms with Gasteiger partial charge < -0.3 is 14.5 Å². The standard InChI is InChI=1S/C15H23N3O2/c1-4-6-16-8-13-7-14(20-12(13)3)11-19-15-9-17-18(5-2)10-15/h7,9-10,16H,4-6,8,11H2,1-3H3. The van der Waals surface area contributed by atoms with Gasteiger partial charge in [0.15, 0.2) is 5.75 Å². The zero-order valence-corrected chi connectivity index (χ0v) is 12.5. The summed E-state index contributed by atoms with van der Waals surface area (Å²) in [6, 6.07) is 2.06. The van der Waals surface area contributed by atoms with Gasteiger partial charge in [0.1, 0.15) is 18.1 Å². The molecule has 5 nitrogen and oxygen atoms in total. The van der Waals surface area contributed by atoms with E-state index in [0.717, 1.165) is 43.3 Å². The van der Waals surface area contributed by atoms with Gasteiger partial charge in [-0.2, -0.15) is 5.10 Å². The van der Waals surface area contributed by atoms with Crippen LogP contribution in [-0.4, -0.2) is 16.3 Å². The highest BCUT2D eigenvalue weighted by molar-refractivity contribution is 5.21. The summed E-state index contributed by atoms with van der Waals surface area (Å²) in [7, 11) is 0. The maximum atomic E-state index is 5.71. The number of ether oxygens (including phenoxy) is 1. The second-order valence-corrected chi connectivity index (χ2v) is 4.79. The molecule has 20 heavy (non-hydrogen) atoms. The summed E-state index contributed by atoms with van der Waals surface area (Å²) in [5.41, 5.74) is 1.20. The van der Waals surface area contributed by atoms with Crippen LogP contribution in [0.2, 0.25) is 0 Å². The molecule has 0 saturated carbocycles. The summed E-state index contributed by atoms with van der Waals surface area (Å²) in [5, 5.41) is 7.55. The Morgan fingerprint density at radius 1 is 1.40 bits per heavy atom. The number of hydrogen-bond acceptors (Lipinski definition) is 4. The smallest absolute Gasteiger partial charge is 0.157 e. The molecular formula is C15H23N3O2. The third kappa shape index (κ3) is 3.87. The molecule has 2 rings (SSSR count). The molecule has 2 aromatic rings. The van der Waals surface area contributed by atoms with Gasteiger partial charge in [0, 0.05) is 18.7 Å². The summed E-state index contributed by atoms with van der Waals surface area (Å²) < 4.78 is 13.2. The summed E-state index contributed by atoms with van der Waals surface area (Å²) in [5.74, 6) is 2.57. The zero-order valence-electron chi connectivity index (χ0n) is 12.5. The minimum atomic E-state index is 0.435. The highest BCUT2D eigenvalue weighted by atomic mass is 16.5. The van der Waals surface area contributed by atoms with Crippen LogP contribution < -0.4 is 10.1 Å². The SMILES string of the molecule is CCCNCc1cc(COc2cnn(CC)c2)oc1C. The maximum absolute atomic E-state index is 5.71. The van der Waals surface area contributed by atoms with E-state index in [9.17, 15) is 0 Å². The molecule has 0 saturated heterocycles. The predicted molar refractivity (Wildman–Crippen MR) is 77.7 cm³/mol. The van der Waals surface area contributed by atoms with Gasteiger partial charge in [-0.3, -0.25) is 4.68 Å². The Labute approximate surface area is 119 Å². The molecule has 0 unspecified atom stereocenters. The second-order valence-electron chi connectivity index (χ2n) is 4.79. The van der Waals surface area contributed by atoms with E-state index in [1.54, 1.807) is 6.20 Å². The molecule has 0 amide bonds. The average Bonchev–Trinajstić information content (AvgIpc) is 3.04. The molecule has 5 heteroatoms. The molecule has 0 spiro atoms. The van der Waals surface area contributed by atoms with E-state index in [4.69, 9.17) is 9.15 Å². The van der Waals surface area contributed by atoms with Gasteiger partial charge in [0.05, 0.1) is 12.4 Å². The van der Waals surface area contributed by atoms with Crippen molar-refractivity contribution in [2.75, 3.05) is 6.54 Å². The van der Waals surface area contributed by atoms with Gasteiger partial charge in [-0.25, -0.2) is 0 Å². The Hall–Kier alpha value is -1.75.